The molecule has 2 N–H and O–H groups in total. The average molecular weight is 343 g/mol. The molecular formula is C20H25NO4. The molecule has 0 amide bonds. The maximum atomic E-state index is 12.1. The van der Waals surface area contributed by atoms with E-state index in [9.17, 15) is 15.0 Å². The molecule has 5 nitrogen and oxygen atoms in total. The summed E-state index contributed by atoms with van der Waals surface area (Å²) in [5, 5.41) is 20.4. The van der Waals surface area contributed by atoms with Gasteiger partial charge in [0, 0.05) is 18.5 Å². The summed E-state index contributed by atoms with van der Waals surface area (Å²) in [7, 11) is 1.54. The van der Waals surface area contributed by atoms with E-state index in [0.29, 0.717) is 10.9 Å². The zero-order valence-corrected chi connectivity index (χ0v) is 15.2. The van der Waals surface area contributed by atoms with Gasteiger partial charge in [0.05, 0.1) is 5.52 Å². The summed E-state index contributed by atoms with van der Waals surface area (Å²) < 4.78 is 6.98. The van der Waals surface area contributed by atoms with Gasteiger partial charge < -0.3 is 19.5 Å². The molecular weight excluding hydrogens is 318 g/mol. The van der Waals surface area contributed by atoms with Gasteiger partial charge in [-0.05, 0) is 51.8 Å². The second-order valence-corrected chi connectivity index (χ2v) is 6.42. The number of rotatable bonds is 6. The van der Waals surface area contributed by atoms with Crippen LogP contribution in [0.5, 0.6) is 17.2 Å². The monoisotopic (exact) mass is 343 g/mol. The summed E-state index contributed by atoms with van der Waals surface area (Å²) in [5.74, 6) is -0.225. The molecule has 2 rings (SSSR count). The molecule has 25 heavy (non-hydrogen) atoms. The normalized spacial score (nSPS) is 11.6. The summed E-state index contributed by atoms with van der Waals surface area (Å²) in [6, 6.07) is 4.60. The number of ether oxygens (including phenoxy) is 1. The van der Waals surface area contributed by atoms with Crippen LogP contribution in [0.25, 0.3) is 10.9 Å². The van der Waals surface area contributed by atoms with E-state index >= 15 is 0 Å². The van der Waals surface area contributed by atoms with Crippen LogP contribution in [0.2, 0.25) is 0 Å². The molecule has 0 bridgehead atoms. The smallest absolute Gasteiger partial charge is 0.296 e. The van der Waals surface area contributed by atoms with Gasteiger partial charge in [-0.1, -0.05) is 17.2 Å². The molecule has 1 aromatic heterocycles. The van der Waals surface area contributed by atoms with Gasteiger partial charge in [0.1, 0.15) is 12.4 Å². The Kier molecular flexibility index (Phi) is 5.91. The number of phenolic OH excluding ortho intramolecular Hbond substituents is 1. The Labute approximate surface area is 147 Å². The predicted octanol–water partition coefficient (Wildman–Crippen LogP) is 4.02. The maximum Gasteiger partial charge on any atom is 0.296 e. The molecule has 5 heteroatoms. The average Bonchev–Trinajstić information content (AvgIpc) is 2.56. The first kappa shape index (κ1) is 18.6. The number of benzene rings is 1. The van der Waals surface area contributed by atoms with E-state index < -0.39 is 11.3 Å². The fourth-order valence-electron chi connectivity index (χ4n) is 2.59. The van der Waals surface area contributed by atoms with Crippen molar-refractivity contribution in [3.05, 3.63) is 51.9 Å². The fourth-order valence-corrected chi connectivity index (χ4v) is 2.59. The highest BCUT2D eigenvalue weighted by molar-refractivity contribution is 5.88. The topological polar surface area (TPSA) is 71.7 Å². The zero-order chi connectivity index (χ0) is 18.6. The van der Waals surface area contributed by atoms with E-state index in [1.165, 1.54) is 27.8 Å². The molecule has 0 aliphatic carbocycles. The minimum Gasteiger partial charge on any atom is -0.508 e. The molecule has 1 heterocycles. The lowest BCUT2D eigenvalue weighted by Crippen LogP contribution is -2.17. The largest absolute Gasteiger partial charge is 0.508 e. The molecule has 0 aliphatic rings. The van der Waals surface area contributed by atoms with Crippen molar-refractivity contribution in [1.82, 2.24) is 4.57 Å². The lowest BCUT2D eigenvalue weighted by molar-refractivity contribution is 0.335. The van der Waals surface area contributed by atoms with Gasteiger partial charge in [0.15, 0.2) is 5.75 Å². The standard InChI is InChI=1S/C20H25NO4/c1-13(2)6-5-7-14(3)10-11-25-19-16-9-8-15(22)12-17(16)21(4)20(24)18(19)23/h6,8-10,12,22-23H,5,7,11H2,1-4H3/b14-10+. The number of aromatic nitrogens is 1. The second-order valence-electron chi connectivity index (χ2n) is 6.42. The van der Waals surface area contributed by atoms with Crippen molar-refractivity contribution in [2.45, 2.75) is 33.6 Å². The fraction of sp³-hybridized carbons (Fsp3) is 0.350. The maximum absolute atomic E-state index is 12.1. The van der Waals surface area contributed by atoms with Gasteiger partial charge in [0.25, 0.3) is 5.56 Å². The molecule has 0 spiro atoms. The lowest BCUT2D eigenvalue weighted by atomic mass is 10.1. The van der Waals surface area contributed by atoms with Crippen LogP contribution in [0.1, 0.15) is 33.6 Å². The molecule has 0 unspecified atom stereocenters. The molecule has 134 valence electrons. The van der Waals surface area contributed by atoms with Crippen LogP contribution in [0, 0.1) is 0 Å². The third-order valence-electron chi connectivity index (χ3n) is 4.06. The third kappa shape index (κ3) is 4.44. The van der Waals surface area contributed by atoms with Gasteiger partial charge in [0.2, 0.25) is 5.75 Å². The summed E-state index contributed by atoms with van der Waals surface area (Å²) in [6.07, 6.45) is 6.04. The van der Waals surface area contributed by atoms with Crippen LogP contribution in [0.15, 0.2) is 46.3 Å². The number of allylic oxidation sites excluding steroid dienone is 3. The first-order valence-electron chi connectivity index (χ1n) is 8.27. The Morgan fingerprint density at radius 3 is 2.60 bits per heavy atom. The van der Waals surface area contributed by atoms with Gasteiger partial charge in [-0.15, -0.1) is 0 Å². The van der Waals surface area contributed by atoms with Crippen LogP contribution in [-0.2, 0) is 7.05 Å². The van der Waals surface area contributed by atoms with Crippen LogP contribution >= 0.6 is 0 Å². The number of nitrogens with zero attached hydrogens (tertiary/aromatic N) is 1. The van der Waals surface area contributed by atoms with E-state index in [1.54, 1.807) is 13.1 Å². The van der Waals surface area contributed by atoms with Crippen molar-refractivity contribution in [1.29, 1.82) is 0 Å². The predicted molar refractivity (Wildman–Crippen MR) is 100 cm³/mol. The van der Waals surface area contributed by atoms with Crippen LogP contribution in [0.3, 0.4) is 0 Å². The number of aromatic hydroxyl groups is 2. The zero-order valence-electron chi connectivity index (χ0n) is 15.2. The molecule has 0 saturated carbocycles. The summed E-state index contributed by atoms with van der Waals surface area (Å²) in [4.78, 5) is 12.1. The lowest BCUT2D eigenvalue weighted by Gasteiger charge is -2.13. The Balaban J connectivity index is 2.24. The van der Waals surface area contributed by atoms with Crippen molar-refractivity contribution >= 4 is 10.9 Å². The number of hydrogen-bond donors (Lipinski definition) is 2. The third-order valence-corrected chi connectivity index (χ3v) is 4.06. The summed E-state index contributed by atoms with van der Waals surface area (Å²) in [6.45, 7) is 6.44. The minimum atomic E-state index is -0.558. The Morgan fingerprint density at radius 2 is 1.92 bits per heavy atom. The highest BCUT2D eigenvalue weighted by atomic mass is 16.5. The summed E-state index contributed by atoms with van der Waals surface area (Å²) in [5.41, 5.74) is 2.42. The molecule has 1 aromatic carbocycles. The summed E-state index contributed by atoms with van der Waals surface area (Å²) >= 11 is 0. The first-order chi connectivity index (χ1) is 11.8. The van der Waals surface area contributed by atoms with Crippen molar-refractivity contribution in [3.63, 3.8) is 0 Å². The molecule has 0 saturated heterocycles. The minimum absolute atomic E-state index is 0.0501. The second kappa shape index (κ2) is 7.92. The van der Waals surface area contributed by atoms with Crippen LogP contribution < -0.4 is 10.3 Å². The number of phenols is 1. The van der Waals surface area contributed by atoms with E-state index in [4.69, 9.17) is 4.74 Å². The van der Waals surface area contributed by atoms with Gasteiger partial charge in [-0.25, -0.2) is 0 Å². The van der Waals surface area contributed by atoms with Crippen molar-refractivity contribution < 1.29 is 14.9 Å². The Morgan fingerprint density at radius 1 is 1.20 bits per heavy atom. The van der Waals surface area contributed by atoms with Gasteiger partial charge in [-0.2, -0.15) is 0 Å². The number of aryl methyl sites for hydroxylation is 1. The van der Waals surface area contributed by atoms with E-state index in [0.717, 1.165) is 12.8 Å². The quantitative estimate of drug-likeness (QED) is 0.777. The van der Waals surface area contributed by atoms with Gasteiger partial charge in [-0.3, -0.25) is 4.79 Å². The number of fused-ring (bicyclic) bond motifs is 1. The molecule has 0 fully saturated rings. The van der Waals surface area contributed by atoms with Gasteiger partial charge >= 0.3 is 0 Å². The molecule has 0 radical (unpaired) electrons. The highest BCUT2D eigenvalue weighted by Crippen LogP contribution is 2.33. The first-order valence-corrected chi connectivity index (χ1v) is 8.27. The Bertz CT molecular complexity index is 887. The van der Waals surface area contributed by atoms with Crippen molar-refractivity contribution in [2.75, 3.05) is 6.61 Å². The van der Waals surface area contributed by atoms with E-state index in [2.05, 4.69) is 19.9 Å². The van der Waals surface area contributed by atoms with Crippen LogP contribution in [-0.4, -0.2) is 21.4 Å². The Hall–Kier alpha value is -2.69. The molecule has 0 atom stereocenters. The molecule has 0 aliphatic heterocycles. The molecule has 2 aromatic rings. The van der Waals surface area contributed by atoms with Crippen molar-refractivity contribution in [2.24, 2.45) is 7.05 Å². The SMILES string of the molecule is CC(C)=CCC/C(C)=C/COc1c(O)c(=O)n(C)c2cc(O)ccc12. The van der Waals surface area contributed by atoms with Crippen LogP contribution in [0.4, 0.5) is 0 Å². The number of hydrogen-bond acceptors (Lipinski definition) is 4. The number of pyridine rings is 1. The highest BCUT2D eigenvalue weighted by Gasteiger charge is 2.16. The van der Waals surface area contributed by atoms with E-state index in [1.807, 2.05) is 13.0 Å². The van der Waals surface area contributed by atoms with Crippen molar-refractivity contribution in [3.8, 4) is 17.2 Å². The van der Waals surface area contributed by atoms with E-state index in [-0.39, 0.29) is 18.1 Å².